The molecule has 32 heavy (non-hydrogen) atoms. The van der Waals surface area contributed by atoms with Crippen LogP contribution in [0.2, 0.25) is 0 Å². The summed E-state index contributed by atoms with van der Waals surface area (Å²) in [6, 6.07) is 9.33. The van der Waals surface area contributed by atoms with Crippen molar-refractivity contribution in [3.8, 4) is 0 Å². The molecular weight excluding hydrogens is 436 g/mol. The van der Waals surface area contributed by atoms with Crippen molar-refractivity contribution < 1.29 is 0 Å². The average Bonchev–Trinajstić information content (AvgIpc) is 3.45. The molecule has 0 aliphatic carbocycles. The molecule has 4 heterocycles. The predicted molar refractivity (Wildman–Crippen MR) is 135 cm³/mol. The first kappa shape index (κ1) is 21.8. The van der Waals surface area contributed by atoms with Gasteiger partial charge in [0.05, 0.1) is 0 Å². The van der Waals surface area contributed by atoms with Gasteiger partial charge in [-0.3, -0.25) is 9.80 Å². The summed E-state index contributed by atoms with van der Waals surface area (Å²) in [5, 5.41) is 6.48. The van der Waals surface area contributed by atoms with Gasteiger partial charge in [-0.15, -0.1) is 22.7 Å². The maximum Gasteiger partial charge on any atom is 0.185 e. The molecule has 0 spiro atoms. The lowest BCUT2D eigenvalue weighted by Gasteiger charge is -2.22. The van der Waals surface area contributed by atoms with E-state index in [1.807, 2.05) is 12.4 Å². The summed E-state index contributed by atoms with van der Waals surface area (Å²) in [7, 11) is 0. The molecule has 3 aromatic rings. The highest BCUT2D eigenvalue weighted by Crippen LogP contribution is 2.21. The summed E-state index contributed by atoms with van der Waals surface area (Å²) in [5.74, 6) is 0. The van der Waals surface area contributed by atoms with Gasteiger partial charge in [0.15, 0.2) is 10.3 Å². The lowest BCUT2D eigenvalue weighted by molar-refractivity contribution is 0.283. The second kappa shape index (κ2) is 10.7. The molecule has 170 valence electrons. The molecule has 2 saturated heterocycles. The lowest BCUT2D eigenvalue weighted by atomic mass is 10.1. The Bertz CT molecular complexity index is 851. The fourth-order valence-corrected chi connectivity index (χ4v) is 6.04. The van der Waals surface area contributed by atoms with Crippen molar-refractivity contribution >= 4 is 32.9 Å². The van der Waals surface area contributed by atoms with E-state index in [4.69, 9.17) is 0 Å². The Morgan fingerprint density at radius 1 is 0.594 bits per heavy atom. The predicted octanol–water partition coefficient (Wildman–Crippen LogP) is 4.02. The summed E-state index contributed by atoms with van der Waals surface area (Å²) in [4.78, 5) is 19.0. The number of aromatic nitrogens is 2. The molecule has 0 bridgehead atoms. The third kappa shape index (κ3) is 5.67. The number of nitrogens with zero attached hydrogens (tertiary/aromatic N) is 6. The SMILES string of the molecule is c1csc(N2CCCN(Cc3ccc(CN4CCCN(c5nccs5)CC4)cc3)CC2)n1. The molecule has 0 saturated carbocycles. The van der Waals surface area contributed by atoms with Crippen LogP contribution in [0.4, 0.5) is 10.3 Å². The average molecular weight is 469 g/mol. The van der Waals surface area contributed by atoms with Gasteiger partial charge in [-0.25, -0.2) is 9.97 Å². The zero-order valence-corrected chi connectivity index (χ0v) is 20.2. The Morgan fingerprint density at radius 2 is 1.06 bits per heavy atom. The molecule has 0 atom stereocenters. The Kier molecular flexibility index (Phi) is 7.33. The maximum absolute atomic E-state index is 4.49. The first-order chi connectivity index (χ1) is 15.8. The van der Waals surface area contributed by atoms with Crippen LogP contribution in [-0.2, 0) is 13.1 Å². The number of hydrogen-bond donors (Lipinski definition) is 0. The molecule has 0 unspecified atom stereocenters. The van der Waals surface area contributed by atoms with Crippen LogP contribution in [0.1, 0.15) is 24.0 Å². The van der Waals surface area contributed by atoms with E-state index in [1.165, 1.54) is 34.2 Å². The molecule has 2 fully saturated rings. The molecule has 2 aliphatic rings. The summed E-state index contributed by atoms with van der Waals surface area (Å²) < 4.78 is 0. The Balaban J connectivity index is 1.10. The highest BCUT2D eigenvalue weighted by atomic mass is 32.1. The van der Waals surface area contributed by atoms with E-state index in [0.717, 1.165) is 65.4 Å². The largest absolute Gasteiger partial charge is 0.347 e. The Hall–Kier alpha value is -2.00. The van der Waals surface area contributed by atoms with Gasteiger partial charge < -0.3 is 9.80 Å². The lowest BCUT2D eigenvalue weighted by Crippen LogP contribution is -2.30. The van der Waals surface area contributed by atoms with Crippen molar-refractivity contribution in [3.63, 3.8) is 0 Å². The number of anilines is 2. The van der Waals surface area contributed by atoms with Crippen LogP contribution in [0.5, 0.6) is 0 Å². The summed E-state index contributed by atoms with van der Waals surface area (Å²) in [6.45, 7) is 11.0. The van der Waals surface area contributed by atoms with Gasteiger partial charge in [0.25, 0.3) is 0 Å². The molecule has 2 aliphatic heterocycles. The summed E-state index contributed by atoms with van der Waals surface area (Å²) in [5.41, 5.74) is 2.84. The molecule has 1 aromatic carbocycles. The van der Waals surface area contributed by atoms with E-state index in [9.17, 15) is 0 Å². The van der Waals surface area contributed by atoms with Gasteiger partial charge in [0.1, 0.15) is 0 Å². The van der Waals surface area contributed by atoms with Crippen molar-refractivity contribution in [2.45, 2.75) is 25.9 Å². The summed E-state index contributed by atoms with van der Waals surface area (Å²) in [6.07, 6.45) is 6.22. The monoisotopic (exact) mass is 468 g/mol. The van der Waals surface area contributed by atoms with Crippen LogP contribution >= 0.6 is 22.7 Å². The molecule has 8 heteroatoms. The third-order valence-electron chi connectivity index (χ3n) is 6.39. The number of rotatable bonds is 6. The first-order valence-electron chi connectivity index (χ1n) is 11.6. The van der Waals surface area contributed by atoms with E-state index < -0.39 is 0 Å². The molecule has 0 amide bonds. The van der Waals surface area contributed by atoms with Crippen LogP contribution in [0, 0.1) is 0 Å². The van der Waals surface area contributed by atoms with Crippen LogP contribution in [0.25, 0.3) is 0 Å². The molecule has 6 nitrogen and oxygen atoms in total. The minimum absolute atomic E-state index is 1.04. The smallest absolute Gasteiger partial charge is 0.185 e. The van der Waals surface area contributed by atoms with Crippen molar-refractivity contribution in [1.29, 1.82) is 0 Å². The quantitative estimate of drug-likeness (QED) is 0.544. The zero-order chi connectivity index (χ0) is 21.6. The third-order valence-corrected chi connectivity index (χ3v) is 8.06. The van der Waals surface area contributed by atoms with E-state index in [-0.39, 0.29) is 0 Å². The Morgan fingerprint density at radius 3 is 1.47 bits per heavy atom. The molecule has 5 rings (SSSR count). The van der Waals surface area contributed by atoms with Crippen LogP contribution < -0.4 is 9.80 Å². The Labute approximate surface area is 199 Å². The second-order valence-corrected chi connectivity index (χ2v) is 10.4. The van der Waals surface area contributed by atoms with Crippen molar-refractivity contribution in [3.05, 3.63) is 58.5 Å². The standard InChI is InChI=1S/C24H32N6S2/c1-9-27(13-15-29(11-1)23-25-7-17-31-23)19-21-3-5-22(6-4-21)20-28-10-2-12-30(16-14-28)24-26-8-18-32-24/h3-8,17-18H,1-2,9-16,19-20H2. The molecule has 0 N–H and O–H groups in total. The minimum Gasteiger partial charge on any atom is -0.347 e. The highest BCUT2D eigenvalue weighted by molar-refractivity contribution is 7.13. The van der Waals surface area contributed by atoms with E-state index in [2.05, 4.69) is 64.6 Å². The molecule has 2 aromatic heterocycles. The fraction of sp³-hybridized carbons (Fsp3) is 0.500. The van der Waals surface area contributed by atoms with E-state index in [1.54, 1.807) is 22.7 Å². The number of hydrogen-bond acceptors (Lipinski definition) is 8. The molecule has 0 radical (unpaired) electrons. The zero-order valence-electron chi connectivity index (χ0n) is 18.6. The van der Waals surface area contributed by atoms with Gasteiger partial charge >= 0.3 is 0 Å². The van der Waals surface area contributed by atoms with Gasteiger partial charge in [0, 0.05) is 88.6 Å². The normalized spacial score (nSPS) is 19.1. The van der Waals surface area contributed by atoms with Gasteiger partial charge in [-0.2, -0.15) is 0 Å². The van der Waals surface area contributed by atoms with Gasteiger partial charge in [-0.05, 0) is 24.0 Å². The topological polar surface area (TPSA) is 38.7 Å². The van der Waals surface area contributed by atoms with Crippen molar-refractivity contribution in [1.82, 2.24) is 19.8 Å². The highest BCUT2D eigenvalue weighted by Gasteiger charge is 2.18. The van der Waals surface area contributed by atoms with Gasteiger partial charge in [0.2, 0.25) is 0 Å². The minimum atomic E-state index is 1.04. The van der Waals surface area contributed by atoms with E-state index >= 15 is 0 Å². The van der Waals surface area contributed by atoms with Gasteiger partial charge in [-0.1, -0.05) is 24.3 Å². The number of benzene rings is 1. The molecular formula is C24H32N6S2. The number of thiazole rings is 2. The van der Waals surface area contributed by atoms with Crippen LogP contribution in [-0.4, -0.2) is 72.1 Å². The fourth-order valence-electron chi connectivity index (χ4n) is 4.65. The first-order valence-corrected chi connectivity index (χ1v) is 13.4. The summed E-state index contributed by atoms with van der Waals surface area (Å²) >= 11 is 3.49. The maximum atomic E-state index is 4.49. The van der Waals surface area contributed by atoms with Crippen LogP contribution in [0.3, 0.4) is 0 Å². The van der Waals surface area contributed by atoms with Crippen molar-refractivity contribution in [2.75, 3.05) is 62.2 Å². The second-order valence-electron chi connectivity index (χ2n) is 8.68. The van der Waals surface area contributed by atoms with Crippen LogP contribution in [0.15, 0.2) is 47.4 Å². The van der Waals surface area contributed by atoms with E-state index in [0.29, 0.717) is 0 Å². The van der Waals surface area contributed by atoms with Crippen molar-refractivity contribution in [2.24, 2.45) is 0 Å².